The molecule has 0 saturated heterocycles. The molecule has 15 heteroatoms. The lowest BCUT2D eigenvalue weighted by Gasteiger charge is -2.14. The Balaban J connectivity index is 0. The number of hydrogen-bond acceptors (Lipinski definition) is 9. The SMILES string of the molecule is C.C#CCNC(=O)N[C@@H](C(=O)O)c1ccccc1.C#CCNC(=O)Oc1ccc([N+](=O)[O-])cc1.CCN(CC)CC.N[C@@H](C(=O)O)c1ccccc1. The summed E-state index contributed by atoms with van der Waals surface area (Å²) in [6, 6.07) is 19.7. The standard InChI is InChI=1S/C12H12N2O3.C10H8N2O4.C8H9NO2.C6H15N.CH4/c1-2-8-13-12(17)14-10(11(15)16)9-6-4-3-5-7-9;1-2-7-11-10(13)16-9-5-3-8(4-6-9)12(14)15;9-7(8(10)11)6-4-2-1-3-5-6;1-4-7(5-2)6-3;/h1,3-7,10H,8H2,(H,15,16)(H2,13,14,17);1,3-6H,7H2,(H,11,13);1-5,7H,9H2,(H,10,11);4-6H2,1-3H3;1H4/t10-;;7-;;/m1.1../s1. The van der Waals surface area contributed by atoms with E-state index in [0.29, 0.717) is 11.1 Å². The van der Waals surface area contributed by atoms with Crippen molar-refractivity contribution in [1.82, 2.24) is 20.9 Å². The highest BCUT2D eigenvalue weighted by Gasteiger charge is 2.21. The van der Waals surface area contributed by atoms with Gasteiger partial charge in [-0.15, -0.1) is 12.8 Å². The summed E-state index contributed by atoms with van der Waals surface area (Å²) in [6.45, 7) is 10.2. The summed E-state index contributed by atoms with van der Waals surface area (Å²) in [5.74, 6) is 2.50. The zero-order valence-corrected chi connectivity index (χ0v) is 28.7. The van der Waals surface area contributed by atoms with Crippen LogP contribution in [0.2, 0.25) is 0 Å². The van der Waals surface area contributed by atoms with E-state index < -0.39 is 41.1 Å². The van der Waals surface area contributed by atoms with Crippen molar-refractivity contribution in [3.05, 3.63) is 106 Å². The molecule has 280 valence electrons. The Hall–Kier alpha value is -6.42. The second-order valence-corrected chi connectivity index (χ2v) is 9.76. The number of nitrogens with two attached hydrogens (primary N) is 1. The first-order valence-corrected chi connectivity index (χ1v) is 15.5. The molecule has 15 nitrogen and oxygen atoms in total. The van der Waals surface area contributed by atoms with Crippen molar-refractivity contribution in [3.8, 4) is 30.4 Å². The van der Waals surface area contributed by atoms with Crippen LogP contribution in [-0.2, 0) is 9.59 Å². The summed E-state index contributed by atoms with van der Waals surface area (Å²) in [7, 11) is 0. The quantitative estimate of drug-likeness (QED) is 0.0845. The van der Waals surface area contributed by atoms with Gasteiger partial charge in [0.25, 0.3) is 5.69 Å². The molecular formula is C37H48N6O9. The molecule has 7 N–H and O–H groups in total. The number of carboxylic acid groups (broad SMARTS) is 2. The maximum absolute atomic E-state index is 11.3. The molecule has 3 aromatic rings. The van der Waals surface area contributed by atoms with Crippen LogP contribution in [0.1, 0.15) is 51.4 Å². The van der Waals surface area contributed by atoms with Crippen LogP contribution >= 0.6 is 0 Å². The largest absolute Gasteiger partial charge is 0.480 e. The number of carbonyl (C=O) groups excluding carboxylic acids is 2. The van der Waals surface area contributed by atoms with Gasteiger partial charge in [0.1, 0.15) is 11.8 Å². The number of terminal acetylenes is 2. The third-order valence-electron chi connectivity index (χ3n) is 6.37. The molecule has 0 aromatic heterocycles. The monoisotopic (exact) mass is 720 g/mol. The van der Waals surface area contributed by atoms with Gasteiger partial charge in [-0.2, -0.15) is 0 Å². The summed E-state index contributed by atoms with van der Waals surface area (Å²) >= 11 is 0. The number of aliphatic carboxylic acids is 2. The van der Waals surface area contributed by atoms with Crippen LogP contribution in [0.4, 0.5) is 15.3 Å². The Morgan fingerprint density at radius 2 is 1.27 bits per heavy atom. The van der Waals surface area contributed by atoms with Gasteiger partial charge < -0.3 is 41.5 Å². The minimum atomic E-state index is -1.13. The first-order valence-electron chi connectivity index (χ1n) is 15.5. The van der Waals surface area contributed by atoms with E-state index in [9.17, 15) is 29.3 Å². The van der Waals surface area contributed by atoms with Gasteiger partial charge in [-0.3, -0.25) is 14.9 Å². The number of ether oxygens (including phenoxy) is 1. The Bertz CT molecular complexity index is 1570. The van der Waals surface area contributed by atoms with E-state index >= 15 is 0 Å². The van der Waals surface area contributed by atoms with Crippen molar-refractivity contribution in [2.45, 2.75) is 40.3 Å². The van der Waals surface area contributed by atoms with E-state index in [1.54, 1.807) is 54.6 Å². The molecule has 0 spiro atoms. The van der Waals surface area contributed by atoms with Crippen molar-refractivity contribution in [3.63, 3.8) is 0 Å². The number of nitro benzene ring substituents is 1. The number of nitro groups is 1. The topological polar surface area (TPSA) is 226 Å². The lowest BCUT2D eigenvalue weighted by atomic mass is 10.1. The van der Waals surface area contributed by atoms with Crippen molar-refractivity contribution in [1.29, 1.82) is 0 Å². The number of non-ortho nitro benzene ring substituents is 1. The number of nitrogens with one attached hydrogen (secondary N) is 3. The number of urea groups is 1. The van der Waals surface area contributed by atoms with Gasteiger partial charge in [0, 0.05) is 12.1 Å². The number of nitrogens with zero attached hydrogens (tertiary/aromatic N) is 2. The van der Waals surface area contributed by atoms with E-state index in [4.69, 9.17) is 33.5 Å². The van der Waals surface area contributed by atoms with Gasteiger partial charge in [0.15, 0.2) is 6.04 Å². The smallest absolute Gasteiger partial charge is 0.413 e. The van der Waals surface area contributed by atoms with Crippen LogP contribution in [-0.4, -0.2) is 76.8 Å². The summed E-state index contributed by atoms with van der Waals surface area (Å²) in [5, 5.41) is 34.8. The minimum absolute atomic E-state index is 0. The van der Waals surface area contributed by atoms with Crippen LogP contribution < -0.4 is 26.4 Å². The highest BCUT2D eigenvalue weighted by molar-refractivity contribution is 5.83. The molecule has 0 aliphatic heterocycles. The van der Waals surface area contributed by atoms with Crippen molar-refractivity contribution in [2.24, 2.45) is 5.73 Å². The molecule has 52 heavy (non-hydrogen) atoms. The Labute approximate surface area is 304 Å². The average Bonchev–Trinajstić information content (AvgIpc) is 3.14. The maximum Gasteiger partial charge on any atom is 0.413 e. The molecule has 0 aliphatic rings. The molecule has 3 amide bonds. The fraction of sp³-hybridized carbons (Fsp3) is 0.297. The maximum atomic E-state index is 11.3. The zero-order chi connectivity index (χ0) is 38.6. The lowest BCUT2D eigenvalue weighted by Crippen LogP contribution is -2.40. The van der Waals surface area contributed by atoms with E-state index in [2.05, 4.69) is 53.5 Å². The van der Waals surface area contributed by atoms with Crippen molar-refractivity contribution < 1.29 is 39.1 Å². The van der Waals surface area contributed by atoms with Crippen LogP contribution in [0.25, 0.3) is 0 Å². The number of carbonyl (C=O) groups is 4. The highest BCUT2D eigenvalue weighted by Crippen LogP contribution is 2.17. The second kappa shape index (κ2) is 28.4. The normalized spacial score (nSPS) is 10.4. The summed E-state index contributed by atoms with van der Waals surface area (Å²) in [6.07, 6.45) is 9.20. The predicted octanol–water partition coefficient (Wildman–Crippen LogP) is 4.82. The van der Waals surface area contributed by atoms with E-state index in [1.807, 2.05) is 6.07 Å². The van der Waals surface area contributed by atoms with Crippen LogP contribution in [0.5, 0.6) is 5.75 Å². The molecule has 0 unspecified atom stereocenters. The number of amides is 3. The van der Waals surface area contributed by atoms with Gasteiger partial charge in [-0.25, -0.2) is 14.4 Å². The Morgan fingerprint density at radius 3 is 1.65 bits per heavy atom. The van der Waals surface area contributed by atoms with Gasteiger partial charge in [-0.05, 0) is 42.9 Å². The first-order chi connectivity index (χ1) is 24.3. The van der Waals surface area contributed by atoms with E-state index in [0.717, 1.165) is 0 Å². The second-order valence-electron chi connectivity index (χ2n) is 9.76. The van der Waals surface area contributed by atoms with Gasteiger partial charge in [0.2, 0.25) is 0 Å². The first kappa shape index (κ1) is 47.7. The number of hydrogen-bond donors (Lipinski definition) is 6. The third kappa shape index (κ3) is 20.8. The summed E-state index contributed by atoms with van der Waals surface area (Å²) < 4.78 is 4.78. The Morgan fingerprint density at radius 1 is 0.808 bits per heavy atom. The summed E-state index contributed by atoms with van der Waals surface area (Å²) in [5.41, 5.74) is 6.39. The number of carboxylic acids is 2. The Kier molecular flexibility index (Phi) is 26.1. The molecule has 2 atom stereocenters. The average molecular weight is 721 g/mol. The molecular weight excluding hydrogens is 672 g/mol. The molecule has 0 bridgehead atoms. The molecule has 3 aromatic carbocycles. The van der Waals surface area contributed by atoms with Crippen LogP contribution in [0.3, 0.4) is 0 Å². The van der Waals surface area contributed by atoms with Crippen LogP contribution in [0.15, 0.2) is 84.9 Å². The molecule has 0 fully saturated rings. The van der Waals surface area contributed by atoms with Gasteiger partial charge >= 0.3 is 24.1 Å². The molecule has 0 heterocycles. The van der Waals surface area contributed by atoms with Crippen molar-refractivity contribution >= 4 is 29.8 Å². The van der Waals surface area contributed by atoms with Crippen LogP contribution in [0, 0.1) is 34.8 Å². The lowest BCUT2D eigenvalue weighted by molar-refractivity contribution is -0.384. The van der Waals surface area contributed by atoms with Crippen molar-refractivity contribution in [2.75, 3.05) is 32.7 Å². The predicted molar refractivity (Wildman–Crippen MR) is 199 cm³/mol. The minimum Gasteiger partial charge on any atom is -0.480 e. The van der Waals surface area contributed by atoms with E-state index in [1.165, 1.54) is 43.9 Å². The fourth-order valence-corrected chi connectivity index (χ4v) is 3.62. The van der Waals surface area contributed by atoms with Gasteiger partial charge in [0.05, 0.1) is 18.0 Å². The fourth-order valence-electron chi connectivity index (χ4n) is 3.62. The molecule has 0 aliphatic carbocycles. The number of benzene rings is 3. The van der Waals surface area contributed by atoms with Gasteiger partial charge in [-0.1, -0.05) is 101 Å². The highest BCUT2D eigenvalue weighted by atomic mass is 16.6. The molecule has 3 rings (SSSR count). The molecule has 0 saturated carbocycles. The zero-order valence-electron chi connectivity index (χ0n) is 28.7. The molecule has 0 radical (unpaired) electrons. The number of rotatable bonds is 12. The summed E-state index contributed by atoms with van der Waals surface area (Å²) in [4.78, 5) is 55.9. The van der Waals surface area contributed by atoms with E-state index in [-0.39, 0.29) is 32.0 Å². The third-order valence-corrected chi connectivity index (χ3v) is 6.37.